The highest BCUT2D eigenvalue weighted by molar-refractivity contribution is 5.96. The Morgan fingerprint density at radius 3 is 2.43 bits per heavy atom. The van der Waals surface area contributed by atoms with E-state index < -0.39 is 17.9 Å². The maximum absolute atomic E-state index is 13.3. The molecule has 7 nitrogen and oxygen atoms in total. The first-order valence-electron chi connectivity index (χ1n) is 10.4. The number of likely N-dealkylation sites (tertiary alicyclic amines) is 1. The van der Waals surface area contributed by atoms with Gasteiger partial charge in [-0.3, -0.25) is 14.4 Å². The third kappa shape index (κ3) is 4.74. The van der Waals surface area contributed by atoms with Gasteiger partial charge in [0, 0.05) is 32.2 Å². The van der Waals surface area contributed by atoms with Crippen molar-refractivity contribution in [3.8, 4) is 0 Å². The average molecular weight is 394 g/mol. The second-order valence-electron chi connectivity index (χ2n) is 8.26. The number of rotatable bonds is 9. The molecule has 0 aromatic rings. The first-order chi connectivity index (χ1) is 13.3. The Balaban J connectivity index is 2.26. The van der Waals surface area contributed by atoms with Gasteiger partial charge in [0.15, 0.2) is 0 Å². The summed E-state index contributed by atoms with van der Waals surface area (Å²) in [5, 5.41) is 14.6. The molecule has 28 heavy (non-hydrogen) atoms. The molecule has 0 radical (unpaired) electrons. The number of carbonyl (C=O) groups excluding carboxylic acids is 3. The van der Waals surface area contributed by atoms with Gasteiger partial charge in [0.25, 0.3) is 0 Å². The molecule has 158 valence electrons. The highest BCUT2D eigenvalue weighted by atomic mass is 16.3. The van der Waals surface area contributed by atoms with E-state index in [1.807, 2.05) is 32.9 Å². The summed E-state index contributed by atoms with van der Waals surface area (Å²) >= 11 is 0. The maximum atomic E-state index is 13.3. The Hall–Kier alpha value is -1.89. The third-order valence-electron chi connectivity index (χ3n) is 5.83. The van der Waals surface area contributed by atoms with E-state index in [9.17, 15) is 14.4 Å². The van der Waals surface area contributed by atoms with Gasteiger partial charge in [-0.15, -0.1) is 0 Å². The molecule has 0 unspecified atom stereocenters. The van der Waals surface area contributed by atoms with Crippen molar-refractivity contribution in [2.24, 2.45) is 23.7 Å². The van der Waals surface area contributed by atoms with Crippen LogP contribution in [-0.2, 0) is 14.4 Å². The predicted molar refractivity (Wildman–Crippen MR) is 107 cm³/mol. The molecule has 1 aliphatic carbocycles. The van der Waals surface area contributed by atoms with Crippen LogP contribution in [0.2, 0.25) is 0 Å². The number of hydrogen-bond acceptors (Lipinski definition) is 4. The molecule has 1 fully saturated rings. The summed E-state index contributed by atoms with van der Waals surface area (Å²) in [6.45, 7) is 6.41. The molecule has 2 aliphatic rings. The highest BCUT2D eigenvalue weighted by Gasteiger charge is 2.56. The lowest BCUT2D eigenvalue weighted by Crippen LogP contribution is -2.49. The Bertz CT molecular complexity index is 604. The van der Waals surface area contributed by atoms with Gasteiger partial charge in [0.05, 0.1) is 11.8 Å². The molecule has 1 saturated heterocycles. The van der Waals surface area contributed by atoms with E-state index in [0.29, 0.717) is 6.54 Å². The molecule has 1 heterocycles. The minimum absolute atomic E-state index is 0.0192. The van der Waals surface area contributed by atoms with E-state index in [0.717, 1.165) is 25.7 Å². The van der Waals surface area contributed by atoms with Gasteiger partial charge < -0.3 is 20.6 Å². The highest BCUT2D eigenvalue weighted by Crippen LogP contribution is 2.44. The standard InChI is InChI=1S/C21H35N3O4/c1-13(2)23-20(27)18-15-10-9-14(3)16(19(26)22-4)17(15)21(28)24(18)11-7-5-6-8-12-25/h9-10,13-18,25H,5-8,11-12H2,1-4H3,(H,22,26)(H,23,27)/t14-,15+,16-,17+,18+/m1/s1. The second kappa shape index (κ2) is 10.0. The number of nitrogens with zero attached hydrogens (tertiary/aromatic N) is 1. The lowest BCUT2D eigenvalue weighted by atomic mass is 9.70. The Labute approximate surface area is 167 Å². The number of unbranched alkanes of at least 4 members (excludes halogenated alkanes) is 3. The van der Waals surface area contributed by atoms with Gasteiger partial charge in [0.1, 0.15) is 6.04 Å². The van der Waals surface area contributed by atoms with Gasteiger partial charge >= 0.3 is 0 Å². The van der Waals surface area contributed by atoms with E-state index >= 15 is 0 Å². The molecule has 0 spiro atoms. The second-order valence-corrected chi connectivity index (χ2v) is 8.26. The number of amides is 3. The van der Waals surface area contributed by atoms with Crippen molar-refractivity contribution in [2.45, 2.75) is 58.5 Å². The van der Waals surface area contributed by atoms with Crippen LogP contribution in [0, 0.1) is 23.7 Å². The molecule has 3 N–H and O–H groups in total. The van der Waals surface area contributed by atoms with Crippen LogP contribution in [0.1, 0.15) is 46.5 Å². The third-order valence-corrected chi connectivity index (χ3v) is 5.83. The summed E-state index contributed by atoms with van der Waals surface area (Å²) < 4.78 is 0. The number of allylic oxidation sites excluding steroid dienone is 1. The molecule has 0 aromatic heterocycles. The lowest BCUT2D eigenvalue weighted by molar-refractivity contribution is -0.140. The van der Waals surface area contributed by atoms with Gasteiger partial charge in [-0.25, -0.2) is 0 Å². The van der Waals surface area contributed by atoms with Crippen LogP contribution in [-0.4, -0.2) is 60.0 Å². The molecule has 2 rings (SSSR count). The van der Waals surface area contributed by atoms with E-state index in [1.54, 1.807) is 11.9 Å². The lowest BCUT2D eigenvalue weighted by Gasteiger charge is -2.32. The van der Waals surface area contributed by atoms with E-state index in [4.69, 9.17) is 5.11 Å². The van der Waals surface area contributed by atoms with Crippen LogP contribution in [0.15, 0.2) is 12.2 Å². The minimum Gasteiger partial charge on any atom is -0.396 e. The van der Waals surface area contributed by atoms with Crippen molar-refractivity contribution >= 4 is 17.7 Å². The summed E-state index contributed by atoms with van der Waals surface area (Å²) in [4.78, 5) is 40.5. The molecule has 3 amide bonds. The van der Waals surface area contributed by atoms with Gasteiger partial charge in [-0.2, -0.15) is 0 Å². The summed E-state index contributed by atoms with van der Waals surface area (Å²) in [5.74, 6) is -1.69. The van der Waals surface area contributed by atoms with Crippen LogP contribution < -0.4 is 10.6 Å². The van der Waals surface area contributed by atoms with Gasteiger partial charge in [0.2, 0.25) is 17.7 Å². The van der Waals surface area contributed by atoms with Crippen molar-refractivity contribution < 1.29 is 19.5 Å². The minimum atomic E-state index is -0.575. The van der Waals surface area contributed by atoms with E-state index in [1.165, 1.54) is 0 Å². The first-order valence-corrected chi connectivity index (χ1v) is 10.4. The molecule has 0 bridgehead atoms. The molecule has 7 heteroatoms. The molecular formula is C21H35N3O4. The fraction of sp³-hybridized carbons (Fsp3) is 0.762. The molecule has 0 aromatic carbocycles. The zero-order valence-corrected chi connectivity index (χ0v) is 17.5. The zero-order valence-electron chi connectivity index (χ0n) is 17.5. The zero-order chi connectivity index (χ0) is 20.8. The van der Waals surface area contributed by atoms with Crippen LogP contribution in [0.25, 0.3) is 0 Å². The Morgan fingerprint density at radius 2 is 1.82 bits per heavy atom. The summed E-state index contributed by atoms with van der Waals surface area (Å²) in [6, 6.07) is -0.595. The topological polar surface area (TPSA) is 98.7 Å². The fourth-order valence-corrected chi connectivity index (χ4v) is 4.52. The van der Waals surface area contributed by atoms with E-state index in [-0.39, 0.29) is 42.2 Å². The first kappa shape index (κ1) is 22.4. The number of aliphatic hydroxyl groups is 1. The monoisotopic (exact) mass is 393 g/mol. The number of aliphatic hydroxyl groups excluding tert-OH is 1. The van der Waals surface area contributed by atoms with Crippen molar-refractivity contribution in [3.63, 3.8) is 0 Å². The normalized spacial score (nSPS) is 29.1. The van der Waals surface area contributed by atoms with Crippen LogP contribution in [0.5, 0.6) is 0 Å². The number of fused-ring (bicyclic) bond motifs is 1. The van der Waals surface area contributed by atoms with Crippen LogP contribution >= 0.6 is 0 Å². The van der Waals surface area contributed by atoms with Gasteiger partial charge in [-0.1, -0.05) is 31.9 Å². The Morgan fingerprint density at radius 1 is 1.14 bits per heavy atom. The SMILES string of the molecule is CNC(=O)[C@H]1[C@H]2C(=O)N(CCCCCCO)[C@H](C(=O)NC(C)C)[C@H]2C=C[C@H]1C. The van der Waals surface area contributed by atoms with Crippen LogP contribution in [0.4, 0.5) is 0 Å². The summed E-state index contributed by atoms with van der Waals surface area (Å²) in [7, 11) is 1.59. The van der Waals surface area contributed by atoms with Crippen molar-refractivity contribution in [3.05, 3.63) is 12.2 Å². The van der Waals surface area contributed by atoms with Crippen LogP contribution in [0.3, 0.4) is 0 Å². The number of carbonyl (C=O) groups is 3. The van der Waals surface area contributed by atoms with Crippen molar-refractivity contribution in [2.75, 3.05) is 20.2 Å². The molecule has 5 atom stereocenters. The largest absolute Gasteiger partial charge is 0.396 e. The van der Waals surface area contributed by atoms with Crippen molar-refractivity contribution in [1.29, 1.82) is 0 Å². The Kier molecular flexibility index (Phi) is 8.04. The maximum Gasteiger partial charge on any atom is 0.243 e. The van der Waals surface area contributed by atoms with E-state index in [2.05, 4.69) is 10.6 Å². The smallest absolute Gasteiger partial charge is 0.243 e. The average Bonchev–Trinajstić information content (AvgIpc) is 2.92. The fourth-order valence-electron chi connectivity index (χ4n) is 4.52. The molecule has 0 saturated carbocycles. The number of nitrogens with one attached hydrogen (secondary N) is 2. The quantitative estimate of drug-likeness (QED) is 0.403. The van der Waals surface area contributed by atoms with Crippen molar-refractivity contribution in [1.82, 2.24) is 15.5 Å². The van der Waals surface area contributed by atoms with Gasteiger partial charge in [-0.05, 0) is 32.6 Å². The molecular weight excluding hydrogens is 358 g/mol. The summed E-state index contributed by atoms with van der Waals surface area (Å²) in [5.41, 5.74) is 0. The summed E-state index contributed by atoms with van der Waals surface area (Å²) in [6.07, 6.45) is 7.24. The predicted octanol–water partition coefficient (Wildman–Crippen LogP) is 1.08. The number of hydrogen-bond donors (Lipinski definition) is 3. The molecule has 1 aliphatic heterocycles.